The summed E-state index contributed by atoms with van der Waals surface area (Å²) < 4.78 is 0. The summed E-state index contributed by atoms with van der Waals surface area (Å²) in [6.45, 7) is 3.79. The SMILES string of the molecule is CCCC1(C(=O)Nc2nccc(Cl)n2)CCCNC1. The molecule has 2 heterocycles. The molecule has 19 heavy (non-hydrogen) atoms. The average Bonchev–Trinajstić information content (AvgIpc) is 2.40. The molecule has 1 aromatic rings. The lowest BCUT2D eigenvalue weighted by Gasteiger charge is -2.35. The van der Waals surface area contributed by atoms with E-state index in [0.29, 0.717) is 11.7 Å². The van der Waals surface area contributed by atoms with E-state index in [1.807, 2.05) is 0 Å². The molecule has 1 aliphatic rings. The van der Waals surface area contributed by atoms with Gasteiger partial charge in [0, 0.05) is 12.7 Å². The van der Waals surface area contributed by atoms with Gasteiger partial charge in [0.05, 0.1) is 5.41 Å². The smallest absolute Gasteiger partial charge is 0.234 e. The fourth-order valence-electron chi connectivity index (χ4n) is 2.60. The van der Waals surface area contributed by atoms with Gasteiger partial charge in [-0.3, -0.25) is 10.1 Å². The Morgan fingerprint density at radius 2 is 2.47 bits per heavy atom. The van der Waals surface area contributed by atoms with Crippen LogP contribution in [-0.4, -0.2) is 29.0 Å². The predicted octanol–water partition coefficient (Wildman–Crippen LogP) is 2.24. The van der Waals surface area contributed by atoms with Crippen LogP contribution in [0, 0.1) is 5.41 Å². The number of anilines is 1. The third kappa shape index (κ3) is 3.42. The van der Waals surface area contributed by atoms with Crippen molar-refractivity contribution in [3.63, 3.8) is 0 Å². The standard InChI is InChI=1S/C13H19ClN4O/c1-2-5-13(6-3-7-15-9-13)11(19)18-12-16-8-4-10(14)17-12/h4,8,15H,2-3,5-7,9H2,1H3,(H,16,17,18,19). The maximum absolute atomic E-state index is 12.5. The zero-order chi connectivity index (χ0) is 13.7. The zero-order valence-electron chi connectivity index (χ0n) is 11.1. The number of hydrogen-bond donors (Lipinski definition) is 2. The number of aromatic nitrogens is 2. The van der Waals surface area contributed by atoms with Gasteiger partial charge in [0.25, 0.3) is 0 Å². The molecule has 1 unspecified atom stereocenters. The van der Waals surface area contributed by atoms with Crippen LogP contribution >= 0.6 is 11.6 Å². The molecule has 0 radical (unpaired) electrons. The second-order valence-corrected chi connectivity index (χ2v) is 5.36. The maximum Gasteiger partial charge on any atom is 0.234 e. The Bertz CT molecular complexity index is 441. The molecule has 1 atom stereocenters. The van der Waals surface area contributed by atoms with Crippen molar-refractivity contribution in [2.45, 2.75) is 32.6 Å². The van der Waals surface area contributed by atoms with Crippen LogP contribution < -0.4 is 10.6 Å². The first-order chi connectivity index (χ1) is 9.16. The van der Waals surface area contributed by atoms with Gasteiger partial charge in [0.1, 0.15) is 5.15 Å². The number of piperidine rings is 1. The fraction of sp³-hybridized carbons (Fsp3) is 0.615. The average molecular weight is 283 g/mol. The lowest BCUT2D eigenvalue weighted by atomic mass is 9.76. The van der Waals surface area contributed by atoms with Crippen LogP contribution in [0.25, 0.3) is 0 Å². The number of nitrogens with one attached hydrogen (secondary N) is 2. The van der Waals surface area contributed by atoms with E-state index < -0.39 is 0 Å². The molecule has 5 nitrogen and oxygen atoms in total. The summed E-state index contributed by atoms with van der Waals surface area (Å²) in [5, 5.41) is 6.43. The van der Waals surface area contributed by atoms with Crippen molar-refractivity contribution >= 4 is 23.5 Å². The van der Waals surface area contributed by atoms with Crippen molar-refractivity contribution in [2.75, 3.05) is 18.4 Å². The minimum atomic E-state index is -0.349. The quantitative estimate of drug-likeness (QED) is 0.831. The predicted molar refractivity (Wildman–Crippen MR) is 75.1 cm³/mol. The molecule has 1 saturated heterocycles. The lowest BCUT2D eigenvalue weighted by Crippen LogP contribution is -2.48. The molecule has 6 heteroatoms. The maximum atomic E-state index is 12.5. The highest BCUT2D eigenvalue weighted by Gasteiger charge is 2.38. The van der Waals surface area contributed by atoms with E-state index in [1.165, 1.54) is 6.20 Å². The van der Waals surface area contributed by atoms with Crippen molar-refractivity contribution in [1.82, 2.24) is 15.3 Å². The molecule has 2 rings (SSSR count). The monoisotopic (exact) mass is 282 g/mol. The summed E-state index contributed by atoms with van der Waals surface area (Å²) in [6.07, 6.45) is 5.30. The summed E-state index contributed by atoms with van der Waals surface area (Å²) >= 11 is 5.80. The van der Waals surface area contributed by atoms with Crippen molar-refractivity contribution < 1.29 is 4.79 Å². The van der Waals surface area contributed by atoms with Gasteiger partial charge in [-0.1, -0.05) is 24.9 Å². The minimum absolute atomic E-state index is 0.0104. The molecule has 1 aliphatic heterocycles. The molecular formula is C13H19ClN4O. The molecular weight excluding hydrogens is 264 g/mol. The molecule has 1 fully saturated rings. The second kappa shape index (κ2) is 6.30. The highest BCUT2D eigenvalue weighted by atomic mass is 35.5. The minimum Gasteiger partial charge on any atom is -0.316 e. The molecule has 0 saturated carbocycles. The normalized spacial score (nSPS) is 23.1. The first kappa shape index (κ1) is 14.2. The molecule has 0 aliphatic carbocycles. The van der Waals surface area contributed by atoms with Gasteiger partial charge in [-0.2, -0.15) is 0 Å². The molecule has 0 bridgehead atoms. The van der Waals surface area contributed by atoms with Crippen LogP contribution in [0.2, 0.25) is 5.15 Å². The zero-order valence-corrected chi connectivity index (χ0v) is 11.8. The van der Waals surface area contributed by atoms with Gasteiger partial charge in [-0.15, -0.1) is 0 Å². The number of nitrogens with zero attached hydrogens (tertiary/aromatic N) is 2. The van der Waals surface area contributed by atoms with E-state index in [9.17, 15) is 4.79 Å². The van der Waals surface area contributed by atoms with Gasteiger partial charge in [0.15, 0.2) is 0 Å². The molecule has 0 spiro atoms. The Morgan fingerprint density at radius 1 is 1.63 bits per heavy atom. The lowest BCUT2D eigenvalue weighted by molar-refractivity contribution is -0.127. The summed E-state index contributed by atoms with van der Waals surface area (Å²) in [5.74, 6) is 0.266. The van der Waals surface area contributed by atoms with E-state index in [-0.39, 0.29) is 17.3 Å². The third-order valence-corrected chi connectivity index (χ3v) is 3.74. The van der Waals surface area contributed by atoms with Crippen molar-refractivity contribution in [1.29, 1.82) is 0 Å². The van der Waals surface area contributed by atoms with E-state index in [4.69, 9.17) is 11.6 Å². The molecule has 0 aromatic carbocycles. The van der Waals surface area contributed by atoms with Crippen LogP contribution in [0.4, 0.5) is 5.95 Å². The summed E-state index contributed by atoms with van der Waals surface area (Å²) in [4.78, 5) is 20.5. The van der Waals surface area contributed by atoms with E-state index in [2.05, 4.69) is 27.5 Å². The first-order valence-corrected chi connectivity index (χ1v) is 7.05. The van der Waals surface area contributed by atoms with E-state index in [0.717, 1.165) is 32.2 Å². The molecule has 2 N–H and O–H groups in total. The van der Waals surface area contributed by atoms with Crippen LogP contribution in [-0.2, 0) is 4.79 Å². The van der Waals surface area contributed by atoms with E-state index in [1.54, 1.807) is 6.07 Å². The topological polar surface area (TPSA) is 66.9 Å². The fourth-order valence-corrected chi connectivity index (χ4v) is 2.73. The molecule has 1 amide bonds. The molecule has 1 aromatic heterocycles. The highest BCUT2D eigenvalue weighted by Crippen LogP contribution is 2.32. The Hall–Kier alpha value is -1.20. The summed E-state index contributed by atoms with van der Waals surface area (Å²) in [7, 11) is 0. The van der Waals surface area contributed by atoms with Crippen molar-refractivity contribution in [3.8, 4) is 0 Å². The van der Waals surface area contributed by atoms with Crippen LogP contribution in [0.1, 0.15) is 32.6 Å². The third-order valence-electron chi connectivity index (χ3n) is 3.53. The number of amides is 1. The van der Waals surface area contributed by atoms with Crippen molar-refractivity contribution in [2.24, 2.45) is 5.41 Å². The van der Waals surface area contributed by atoms with Crippen LogP contribution in [0.15, 0.2) is 12.3 Å². The first-order valence-electron chi connectivity index (χ1n) is 6.67. The Balaban J connectivity index is 2.11. The Kier molecular flexibility index (Phi) is 4.71. The number of hydrogen-bond acceptors (Lipinski definition) is 4. The largest absolute Gasteiger partial charge is 0.316 e. The van der Waals surface area contributed by atoms with E-state index >= 15 is 0 Å². The van der Waals surface area contributed by atoms with Gasteiger partial charge in [-0.05, 0) is 31.9 Å². The summed E-state index contributed by atoms with van der Waals surface area (Å²) in [6, 6.07) is 1.58. The van der Waals surface area contributed by atoms with Crippen molar-refractivity contribution in [3.05, 3.63) is 17.4 Å². The summed E-state index contributed by atoms with van der Waals surface area (Å²) in [5.41, 5.74) is -0.349. The Morgan fingerprint density at radius 3 is 3.11 bits per heavy atom. The number of rotatable bonds is 4. The number of carbonyl (C=O) groups excluding carboxylic acids is 1. The van der Waals surface area contributed by atoms with Crippen LogP contribution in [0.5, 0.6) is 0 Å². The second-order valence-electron chi connectivity index (χ2n) is 4.97. The number of carbonyl (C=O) groups is 1. The number of halogens is 1. The van der Waals surface area contributed by atoms with Gasteiger partial charge in [-0.25, -0.2) is 9.97 Å². The Labute approximate surface area is 118 Å². The van der Waals surface area contributed by atoms with Crippen LogP contribution in [0.3, 0.4) is 0 Å². The van der Waals surface area contributed by atoms with Gasteiger partial charge >= 0.3 is 0 Å². The van der Waals surface area contributed by atoms with Gasteiger partial charge < -0.3 is 5.32 Å². The van der Waals surface area contributed by atoms with Gasteiger partial charge in [0.2, 0.25) is 11.9 Å². The molecule has 104 valence electrons. The highest BCUT2D eigenvalue weighted by molar-refractivity contribution is 6.29.